The van der Waals surface area contributed by atoms with Crippen molar-refractivity contribution in [3.8, 4) is 6.07 Å². The van der Waals surface area contributed by atoms with Crippen molar-refractivity contribution in [3.05, 3.63) is 27.7 Å². The van der Waals surface area contributed by atoms with Crippen molar-refractivity contribution in [1.82, 2.24) is 0 Å². The van der Waals surface area contributed by atoms with E-state index >= 15 is 0 Å². The third kappa shape index (κ3) is 2.75. The molecule has 0 heterocycles. The summed E-state index contributed by atoms with van der Waals surface area (Å²) in [6.45, 7) is 0. The lowest BCUT2D eigenvalue weighted by Crippen LogP contribution is -2.10. The Morgan fingerprint density at radius 1 is 1.36 bits per heavy atom. The molecule has 0 aliphatic carbocycles. The number of unbranched alkanes of at least 4 members (excludes halogenated alkanes) is 1. The van der Waals surface area contributed by atoms with Gasteiger partial charge < -0.3 is 0 Å². The second-order valence-electron chi connectivity index (χ2n) is 3.17. The van der Waals surface area contributed by atoms with Gasteiger partial charge in [-0.2, -0.15) is 5.26 Å². The van der Waals surface area contributed by atoms with Gasteiger partial charge in [0.2, 0.25) is 0 Å². The minimum atomic E-state index is 0.573. The smallest absolute Gasteiger partial charge is 0.0622 e. The van der Waals surface area contributed by atoms with Crippen LogP contribution in [0.3, 0.4) is 0 Å². The standard InChI is InChI=1S/C10H11Cl2NSi/c11-8-4-5-9(14)7(10(8)12)3-1-2-6-13/h4-5H,1-3H2,14H3. The van der Waals surface area contributed by atoms with Gasteiger partial charge in [-0.15, -0.1) is 0 Å². The summed E-state index contributed by atoms with van der Waals surface area (Å²) >= 11 is 12.0. The van der Waals surface area contributed by atoms with Gasteiger partial charge in [0.25, 0.3) is 0 Å². The molecule has 0 radical (unpaired) electrons. The number of halogens is 2. The molecule has 0 atom stereocenters. The fourth-order valence-corrected chi connectivity index (χ4v) is 2.65. The third-order valence-corrected chi connectivity index (χ3v) is 3.93. The molecule has 0 aliphatic rings. The molecular formula is C10H11Cl2NSi. The minimum Gasteiger partial charge on any atom is -0.198 e. The summed E-state index contributed by atoms with van der Waals surface area (Å²) in [6.07, 6.45) is 2.28. The Hall–Kier alpha value is -0.493. The molecule has 74 valence electrons. The first kappa shape index (κ1) is 11.6. The molecule has 0 aromatic heterocycles. The monoisotopic (exact) mass is 243 g/mol. The van der Waals surface area contributed by atoms with Gasteiger partial charge in [-0.05, 0) is 24.5 Å². The Bertz CT molecular complexity index is 371. The highest BCUT2D eigenvalue weighted by molar-refractivity contribution is 6.44. The van der Waals surface area contributed by atoms with Crippen LogP contribution in [-0.4, -0.2) is 10.2 Å². The van der Waals surface area contributed by atoms with Crippen LogP contribution in [0.5, 0.6) is 0 Å². The van der Waals surface area contributed by atoms with E-state index in [2.05, 4.69) is 6.07 Å². The molecule has 0 aliphatic heterocycles. The maximum atomic E-state index is 8.44. The van der Waals surface area contributed by atoms with E-state index in [-0.39, 0.29) is 0 Å². The molecule has 0 saturated carbocycles. The first-order chi connectivity index (χ1) is 6.66. The number of rotatable bonds is 3. The Morgan fingerprint density at radius 3 is 2.71 bits per heavy atom. The molecule has 0 fully saturated rings. The maximum absolute atomic E-state index is 8.44. The predicted octanol–water partition coefficient (Wildman–Crippen LogP) is 1.83. The van der Waals surface area contributed by atoms with Crippen LogP contribution < -0.4 is 5.19 Å². The first-order valence-corrected chi connectivity index (χ1v) is 6.23. The number of nitrogens with zero attached hydrogens (tertiary/aromatic N) is 1. The van der Waals surface area contributed by atoms with Gasteiger partial charge in [0, 0.05) is 16.7 Å². The highest BCUT2D eigenvalue weighted by atomic mass is 35.5. The lowest BCUT2D eigenvalue weighted by Gasteiger charge is -2.08. The summed E-state index contributed by atoms with van der Waals surface area (Å²) in [5.41, 5.74) is 1.13. The molecular weight excluding hydrogens is 233 g/mol. The van der Waals surface area contributed by atoms with Crippen LogP contribution in [0.1, 0.15) is 18.4 Å². The van der Waals surface area contributed by atoms with Crippen molar-refractivity contribution in [2.24, 2.45) is 0 Å². The average Bonchev–Trinajstić information content (AvgIpc) is 2.18. The van der Waals surface area contributed by atoms with E-state index in [4.69, 9.17) is 28.5 Å². The molecule has 0 saturated heterocycles. The lowest BCUT2D eigenvalue weighted by molar-refractivity contribution is 0.854. The normalized spacial score (nSPS) is 10.1. The van der Waals surface area contributed by atoms with Crippen LogP contribution in [-0.2, 0) is 6.42 Å². The van der Waals surface area contributed by atoms with Crippen molar-refractivity contribution in [2.45, 2.75) is 19.3 Å². The first-order valence-electron chi connectivity index (χ1n) is 4.47. The van der Waals surface area contributed by atoms with E-state index in [9.17, 15) is 0 Å². The largest absolute Gasteiger partial charge is 0.198 e. The van der Waals surface area contributed by atoms with Gasteiger partial charge in [0.05, 0.1) is 16.1 Å². The van der Waals surface area contributed by atoms with Gasteiger partial charge in [-0.3, -0.25) is 0 Å². The molecule has 0 spiro atoms. The molecule has 1 rings (SSSR count). The summed E-state index contributed by atoms with van der Waals surface area (Å²) in [6, 6.07) is 5.98. The molecule has 1 aromatic carbocycles. The van der Waals surface area contributed by atoms with E-state index in [0.717, 1.165) is 28.6 Å². The summed E-state index contributed by atoms with van der Waals surface area (Å²) in [5.74, 6) is 0. The molecule has 1 aromatic rings. The van der Waals surface area contributed by atoms with E-state index in [1.165, 1.54) is 5.19 Å². The fraction of sp³-hybridized carbons (Fsp3) is 0.300. The van der Waals surface area contributed by atoms with Crippen LogP contribution in [0.15, 0.2) is 12.1 Å². The maximum Gasteiger partial charge on any atom is 0.0622 e. The number of nitriles is 1. The van der Waals surface area contributed by atoms with Crippen LogP contribution >= 0.6 is 23.2 Å². The van der Waals surface area contributed by atoms with Crippen molar-refractivity contribution < 1.29 is 0 Å². The molecule has 0 N–H and O–H groups in total. The predicted molar refractivity (Wildman–Crippen MR) is 64.6 cm³/mol. The second-order valence-corrected chi connectivity index (χ2v) is 5.03. The zero-order chi connectivity index (χ0) is 10.6. The Labute approximate surface area is 97.1 Å². The van der Waals surface area contributed by atoms with Gasteiger partial charge in [0.1, 0.15) is 0 Å². The topological polar surface area (TPSA) is 23.8 Å². The quantitative estimate of drug-likeness (QED) is 0.588. The number of benzene rings is 1. The molecule has 4 heteroatoms. The highest BCUT2D eigenvalue weighted by Crippen LogP contribution is 2.25. The van der Waals surface area contributed by atoms with Crippen LogP contribution in [0.25, 0.3) is 0 Å². The zero-order valence-corrected chi connectivity index (χ0v) is 11.5. The summed E-state index contributed by atoms with van der Waals surface area (Å²) in [4.78, 5) is 0. The lowest BCUT2D eigenvalue weighted by atomic mass is 10.1. The van der Waals surface area contributed by atoms with E-state index in [1.54, 1.807) is 0 Å². The van der Waals surface area contributed by atoms with Gasteiger partial charge in [-0.1, -0.05) is 34.5 Å². The second kappa shape index (κ2) is 5.40. The van der Waals surface area contributed by atoms with Crippen molar-refractivity contribution in [1.29, 1.82) is 5.26 Å². The molecule has 14 heavy (non-hydrogen) atoms. The van der Waals surface area contributed by atoms with E-state index in [0.29, 0.717) is 16.5 Å². The number of hydrogen-bond acceptors (Lipinski definition) is 1. The van der Waals surface area contributed by atoms with E-state index in [1.807, 2.05) is 12.1 Å². The van der Waals surface area contributed by atoms with E-state index < -0.39 is 0 Å². The third-order valence-electron chi connectivity index (χ3n) is 2.15. The van der Waals surface area contributed by atoms with Crippen molar-refractivity contribution >= 4 is 38.6 Å². The minimum absolute atomic E-state index is 0.573. The molecule has 0 amide bonds. The average molecular weight is 244 g/mol. The van der Waals surface area contributed by atoms with Gasteiger partial charge in [-0.25, -0.2) is 0 Å². The Balaban J connectivity index is 2.85. The van der Waals surface area contributed by atoms with Crippen LogP contribution in [0, 0.1) is 11.3 Å². The molecule has 0 bridgehead atoms. The summed E-state index contributed by atoms with van der Waals surface area (Å²) < 4.78 is 0. The van der Waals surface area contributed by atoms with Gasteiger partial charge in [0.15, 0.2) is 0 Å². The zero-order valence-electron chi connectivity index (χ0n) is 7.98. The summed E-state index contributed by atoms with van der Waals surface area (Å²) in [5, 5.41) is 11.0. The number of hydrogen-bond donors (Lipinski definition) is 0. The fourth-order valence-electron chi connectivity index (χ4n) is 1.34. The van der Waals surface area contributed by atoms with Gasteiger partial charge >= 0.3 is 0 Å². The SMILES string of the molecule is N#CCCCc1c([SiH3])ccc(Cl)c1Cl. The van der Waals surface area contributed by atoms with Crippen molar-refractivity contribution in [3.63, 3.8) is 0 Å². The Kier molecular flexibility index (Phi) is 4.47. The molecule has 0 unspecified atom stereocenters. The van der Waals surface area contributed by atoms with Crippen LogP contribution in [0.4, 0.5) is 0 Å². The summed E-state index contributed by atoms with van der Waals surface area (Å²) in [7, 11) is 0.964. The van der Waals surface area contributed by atoms with Crippen LogP contribution in [0.2, 0.25) is 10.0 Å². The van der Waals surface area contributed by atoms with Crippen molar-refractivity contribution in [2.75, 3.05) is 0 Å². The molecule has 1 nitrogen and oxygen atoms in total. The highest BCUT2D eigenvalue weighted by Gasteiger charge is 2.07. The Morgan fingerprint density at radius 2 is 2.07 bits per heavy atom.